The van der Waals surface area contributed by atoms with E-state index in [0.29, 0.717) is 0 Å². The minimum Gasteiger partial charge on any atom is -0.497 e. The zero-order valence-corrected chi connectivity index (χ0v) is 15.9. The topological polar surface area (TPSA) is 21.7 Å². The van der Waals surface area contributed by atoms with Crippen molar-refractivity contribution in [2.75, 3.05) is 26.7 Å². The van der Waals surface area contributed by atoms with Crippen LogP contribution in [0.25, 0.3) is 0 Å². The summed E-state index contributed by atoms with van der Waals surface area (Å²) in [7, 11) is 1.72. The van der Waals surface area contributed by atoms with Gasteiger partial charge >= 0.3 is 0 Å². The number of fused-ring (bicyclic) bond motifs is 1. The summed E-state index contributed by atoms with van der Waals surface area (Å²) in [5.41, 5.74) is 4.11. The lowest BCUT2D eigenvalue weighted by molar-refractivity contribution is 0.117. The third kappa shape index (κ3) is 4.04. The van der Waals surface area contributed by atoms with Gasteiger partial charge in [0.15, 0.2) is 0 Å². The van der Waals surface area contributed by atoms with E-state index in [0.717, 1.165) is 30.4 Å². The number of benzene rings is 2. The van der Waals surface area contributed by atoms with Crippen LogP contribution in [0, 0.1) is 12.8 Å². The van der Waals surface area contributed by atoms with Crippen molar-refractivity contribution in [2.45, 2.75) is 38.7 Å². The van der Waals surface area contributed by atoms with Gasteiger partial charge in [-0.05, 0) is 69.0 Å². The molecule has 138 valence electrons. The first kappa shape index (κ1) is 17.4. The predicted molar refractivity (Wildman–Crippen MR) is 105 cm³/mol. The molecule has 0 bridgehead atoms. The molecule has 0 spiro atoms. The van der Waals surface area contributed by atoms with E-state index in [-0.39, 0.29) is 6.10 Å². The fourth-order valence-electron chi connectivity index (χ4n) is 4.24. The molecule has 2 aromatic carbocycles. The van der Waals surface area contributed by atoms with Gasteiger partial charge in [-0.25, -0.2) is 0 Å². The minimum atomic E-state index is 0.283. The third-order valence-electron chi connectivity index (χ3n) is 5.82. The Morgan fingerprint density at radius 1 is 1.08 bits per heavy atom. The second-order valence-corrected chi connectivity index (χ2v) is 7.85. The number of methoxy groups -OCH3 is 1. The van der Waals surface area contributed by atoms with Crippen LogP contribution in [0.2, 0.25) is 0 Å². The van der Waals surface area contributed by atoms with Crippen molar-refractivity contribution in [2.24, 2.45) is 5.92 Å². The molecule has 1 atom stereocenters. The first-order valence-electron chi connectivity index (χ1n) is 9.81. The van der Waals surface area contributed by atoms with Crippen molar-refractivity contribution >= 4 is 0 Å². The molecule has 1 fully saturated rings. The molecule has 0 N–H and O–H groups in total. The van der Waals surface area contributed by atoms with E-state index in [2.05, 4.69) is 42.2 Å². The second kappa shape index (κ2) is 7.71. The molecule has 2 heterocycles. The third-order valence-corrected chi connectivity index (χ3v) is 5.82. The van der Waals surface area contributed by atoms with Gasteiger partial charge in [0.1, 0.15) is 17.6 Å². The van der Waals surface area contributed by atoms with E-state index in [4.69, 9.17) is 9.47 Å². The summed E-state index contributed by atoms with van der Waals surface area (Å²) >= 11 is 0. The van der Waals surface area contributed by atoms with E-state index in [1.54, 1.807) is 7.11 Å². The van der Waals surface area contributed by atoms with Gasteiger partial charge in [0.2, 0.25) is 0 Å². The number of aryl methyl sites for hydroxylation is 1. The summed E-state index contributed by atoms with van der Waals surface area (Å²) in [5, 5.41) is 0. The maximum atomic E-state index is 6.15. The Bertz CT molecular complexity index is 732. The Morgan fingerprint density at radius 3 is 2.58 bits per heavy atom. The quantitative estimate of drug-likeness (QED) is 0.803. The van der Waals surface area contributed by atoms with Crippen LogP contribution >= 0.6 is 0 Å². The second-order valence-electron chi connectivity index (χ2n) is 7.85. The van der Waals surface area contributed by atoms with E-state index in [1.165, 1.54) is 49.0 Å². The molecule has 0 unspecified atom stereocenters. The SMILES string of the molecule is COc1ccc2c(c1)C[C@@H](CN1CCC(Cc3ccc(C)cc3)CC1)O2. The van der Waals surface area contributed by atoms with Gasteiger partial charge in [-0.2, -0.15) is 0 Å². The highest BCUT2D eigenvalue weighted by Gasteiger charge is 2.27. The zero-order valence-electron chi connectivity index (χ0n) is 15.9. The molecule has 26 heavy (non-hydrogen) atoms. The zero-order chi connectivity index (χ0) is 17.9. The maximum absolute atomic E-state index is 6.15. The first-order valence-corrected chi connectivity index (χ1v) is 9.81. The van der Waals surface area contributed by atoms with Crippen molar-refractivity contribution in [1.29, 1.82) is 0 Å². The van der Waals surface area contributed by atoms with Gasteiger partial charge in [-0.1, -0.05) is 29.8 Å². The van der Waals surface area contributed by atoms with Gasteiger partial charge in [0.05, 0.1) is 7.11 Å². The van der Waals surface area contributed by atoms with Gasteiger partial charge < -0.3 is 9.47 Å². The largest absolute Gasteiger partial charge is 0.497 e. The average molecular weight is 351 g/mol. The van der Waals surface area contributed by atoms with Crippen LogP contribution in [-0.2, 0) is 12.8 Å². The molecule has 3 nitrogen and oxygen atoms in total. The molecule has 2 aromatic rings. The average Bonchev–Trinajstić information content (AvgIpc) is 3.06. The van der Waals surface area contributed by atoms with Crippen molar-refractivity contribution in [1.82, 2.24) is 4.90 Å². The molecular weight excluding hydrogens is 322 g/mol. The van der Waals surface area contributed by atoms with Crippen LogP contribution in [0.3, 0.4) is 0 Å². The van der Waals surface area contributed by atoms with Crippen molar-refractivity contribution in [3.8, 4) is 11.5 Å². The van der Waals surface area contributed by atoms with Crippen LogP contribution < -0.4 is 9.47 Å². The number of hydrogen-bond acceptors (Lipinski definition) is 3. The normalized spacial score (nSPS) is 20.6. The van der Waals surface area contributed by atoms with Gasteiger partial charge in [0.25, 0.3) is 0 Å². The van der Waals surface area contributed by atoms with Crippen LogP contribution in [-0.4, -0.2) is 37.7 Å². The summed E-state index contributed by atoms with van der Waals surface area (Å²) < 4.78 is 11.5. The minimum absolute atomic E-state index is 0.283. The standard InChI is InChI=1S/C23H29NO2/c1-17-3-5-18(6-4-17)13-19-9-11-24(12-10-19)16-22-15-20-14-21(25-2)7-8-23(20)26-22/h3-8,14,19,22H,9-13,15-16H2,1-2H3/t22-/m0/s1. The first-order chi connectivity index (χ1) is 12.7. The molecule has 4 rings (SSSR count). The molecule has 1 saturated heterocycles. The molecule has 2 aliphatic heterocycles. The molecule has 2 aliphatic rings. The molecule has 0 saturated carbocycles. The Morgan fingerprint density at radius 2 is 1.85 bits per heavy atom. The number of likely N-dealkylation sites (tertiary alicyclic amines) is 1. The Labute approximate surface area is 156 Å². The molecule has 0 radical (unpaired) electrons. The molecule has 0 aliphatic carbocycles. The summed E-state index contributed by atoms with van der Waals surface area (Å²) in [6.45, 7) is 5.57. The molecule has 0 aromatic heterocycles. The van der Waals surface area contributed by atoms with E-state index >= 15 is 0 Å². The fourth-order valence-corrected chi connectivity index (χ4v) is 4.24. The Hall–Kier alpha value is -2.00. The summed E-state index contributed by atoms with van der Waals surface area (Å²) in [6.07, 6.45) is 5.09. The number of piperidine rings is 1. The van der Waals surface area contributed by atoms with E-state index in [9.17, 15) is 0 Å². The van der Waals surface area contributed by atoms with Crippen LogP contribution in [0.4, 0.5) is 0 Å². The Kier molecular flexibility index (Phi) is 5.16. The van der Waals surface area contributed by atoms with Gasteiger partial charge in [-0.15, -0.1) is 0 Å². The number of nitrogens with zero attached hydrogens (tertiary/aromatic N) is 1. The molecule has 0 amide bonds. The van der Waals surface area contributed by atoms with Crippen molar-refractivity contribution in [3.63, 3.8) is 0 Å². The highest BCUT2D eigenvalue weighted by molar-refractivity contribution is 5.43. The highest BCUT2D eigenvalue weighted by Crippen LogP contribution is 2.32. The fraction of sp³-hybridized carbons (Fsp3) is 0.478. The lowest BCUT2D eigenvalue weighted by atomic mass is 9.90. The van der Waals surface area contributed by atoms with Crippen LogP contribution in [0.1, 0.15) is 29.5 Å². The number of rotatable bonds is 5. The van der Waals surface area contributed by atoms with Gasteiger partial charge in [0, 0.05) is 18.5 Å². The van der Waals surface area contributed by atoms with E-state index < -0.39 is 0 Å². The molecular formula is C23H29NO2. The smallest absolute Gasteiger partial charge is 0.123 e. The van der Waals surface area contributed by atoms with E-state index in [1.807, 2.05) is 12.1 Å². The number of ether oxygens (including phenoxy) is 2. The lowest BCUT2D eigenvalue weighted by Gasteiger charge is -2.33. The highest BCUT2D eigenvalue weighted by atomic mass is 16.5. The lowest BCUT2D eigenvalue weighted by Crippen LogP contribution is -2.40. The summed E-state index contributed by atoms with van der Waals surface area (Å²) in [6, 6.07) is 15.2. The summed E-state index contributed by atoms with van der Waals surface area (Å²) in [4.78, 5) is 2.58. The Balaban J connectivity index is 1.25. The molecule has 3 heteroatoms. The monoisotopic (exact) mass is 351 g/mol. The van der Waals surface area contributed by atoms with Gasteiger partial charge in [-0.3, -0.25) is 4.90 Å². The van der Waals surface area contributed by atoms with Crippen LogP contribution in [0.15, 0.2) is 42.5 Å². The summed E-state index contributed by atoms with van der Waals surface area (Å²) in [5.74, 6) is 2.77. The number of hydrogen-bond donors (Lipinski definition) is 0. The predicted octanol–water partition coefficient (Wildman–Crippen LogP) is 4.26. The van der Waals surface area contributed by atoms with Crippen molar-refractivity contribution < 1.29 is 9.47 Å². The van der Waals surface area contributed by atoms with Crippen molar-refractivity contribution in [3.05, 3.63) is 59.2 Å². The maximum Gasteiger partial charge on any atom is 0.123 e. The van der Waals surface area contributed by atoms with Crippen LogP contribution in [0.5, 0.6) is 11.5 Å².